The second-order valence-electron chi connectivity index (χ2n) is 6.02. The summed E-state index contributed by atoms with van der Waals surface area (Å²) in [6, 6.07) is 15.6. The van der Waals surface area contributed by atoms with Gasteiger partial charge in [0.05, 0.1) is 0 Å². The third-order valence-electron chi connectivity index (χ3n) is 4.19. The van der Waals surface area contributed by atoms with Crippen LogP contribution in [0.5, 0.6) is 0 Å². The van der Waals surface area contributed by atoms with E-state index in [1.54, 1.807) is 6.07 Å². The number of carbonyl (C=O) groups excluding carboxylic acids is 2. The number of halogens is 1. The van der Waals surface area contributed by atoms with Crippen molar-refractivity contribution in [2.45, 2.75) is 6.54 Å². The molecule has 0 unspecified atom stereocenters. The number of amides is 2. The molecule has 1 N–H and O–H groups in total. The summed E-state index contributed by atoms with van der Waals surface area (Å²) < 4.78 is 13.1. The lowest BCUT2D eigenvalue weighted by atomic mass is 10.2. The highest BCUT2D eigenvalue weighted by Crippen LogP contribution is 2.11. The summed E-state index contributed by atoms with van der Waals surface area (Å²) in [6.45, 7) is 3.27. The number of hydrogen-bond donors (Lipinski definition) is 1. The molecule has 130 valence electrons. The van der Waals surface area contributed by atoms with Gasteiger partial charge < -0.3 is 10.2 Å². The van der Waals surface area contributed by atoms with Gasteiger partial charge in [0, 0.05) is 38.4 Å². The Morgan fingerprint density at radius 1 is 0.960 bits per heavy atom. The Hall–Kier alpha value is -2.73. The molecule has 0 saturated carbocycles. The van der Waals surface area contributed by atoms with Crippen molar-refractivity contribution < 1.29 is 14.0 Å². The van der Waals surface area contributed by atoms with Gasteiger partial charge in [-0.05, 0) is 23.8 Å². The quantitative estimate of drug-likeness (QED) is 0.870. The van der Waals surface area contributed by atoms with Gasteiger partial charge >= 0.3 is 11.8 Å². The van der Waals surface area contributed by atoms with Crippen molar-refractivity contribution >= 4 is 17.5 Å². The zero-order valence-electron chi connectivity index (χ0n) is 13.8. The zero-order chi connectivity index (χ0) is 17.6. The molecule has 1 heterocycles. The number of piperazine rings is 1. The highest BCUT2D eigenvalue weighted by atomic mass is 19.1. The van der Waals surface area contributed by atoms with Gasteiger partial charge in [-0.25, -0.2) is 4.39 Å². The molecule has 3 rings (SSSR count). The molecule has 2 aromatic rings. The molecule has 1 fully saturated rings. The number of nitrogens with one attached hydrogen (secondary N) is 1. The first kappa shape index (κ1) is 17.1. The number of hydrogen-bond acceptors (Lipinski definition) is 3. The lowest BCUT2D eigenvalue weighted by molar-refractivity contribution is -0.144. The van der Waals surface area contributed by atoms with Gasteiger partial charge in [0.2, 0.25) is 0 Å². The molecular formula is C19H20FN3O2. The molecule has 0 bridgehead atoms. The van der Waals surface area contributed by atoms with E-state index in [9.17, 15) is 14.0 Å². The minimum absolute atomic E-state index is 0.279. The first-order valence-corrected chi connectivity index (χ1v) is 8.24. The van der Waals surface area contributed by atoms with E-state index in [4.69, 9.17) is 0 Å². The Kier molecular flexibility index (Phi) is 5.40. The van der Waals surface area contributed by atoms with E-state index in [2.05, 4.69) is 22.3 Å². The molecule has 25 heavy (non-hydrogen) atoms. The highest BCUT2D eigenvalue weighted by molar-refractivity contribution is 6.39. The fourth-order valence-corrected chi connectivity index (χ4v) is 2.85. The largest absolute Gasteiger partial charge is 0.332 e. The van der Waals surface area contributed by atoms with Crippen LogP contribution in [0.25, 0.3) is 0 Å². The first-order valence-electron chi connectivity index (χ1n) is 8.24. The van der Waals surface area contributed by atoms with Crippen LogP contribution in [-0.4, -0.2) is 47.8 Å². The molecule has 1 aliphatic heterocycles. The summed E-state index contributed by atoms with van der Waals surface area (Å²) in [5.41, 5.74) is 1.51. The van der Waals surface area contributed by atoms with E-state index in [0.717, 1.165) is 6.54 Å². The summed E-state index contributed by atoms with van der Waals surface area (Å²) in [4.78, 5) is 28.1. The SMILES string of the molecule is O=C(Nc1cccc(F)c1)C(=O)N1CCN(Cc2ccccc2)CC1. The minimum Gasteiger partial charge on any atom is -0.332 e. The molecule has 1 aliphatic rings. The van der Waals surface area contributed by atoms with Gasteiger partial charge in [0.15, 0.2) is 0 Å². The van der Waals surface area contributed by atoms with Gasteiger partial charge in [0.1, 0.15) is 5.82 Å². The molecule has 0 radical (unpaired) electrons. The average molecular weight is 341 g/mol. The molecule has 5 nitrogen and oxygen atoms in total. The summed E-state index contributed by atoms with van der Waals surface area (Å²) in [5, 5.41) is 2.45. The predicted molar refractivity (Wildman–Crippen MR) is 93.3 cm³/mol. The Morgan fingerprint density at radius 2 is 1.68 bits per heavy atom. The molecule has 0 atom stereocenters. The molecule has 2 aromatic carbocycles. The normalized spacial score (nSPS) is 15.0. The van der Waals surface area contributed by atoms with Crippen LogP contribution >= 0.6 is 0 Å². The highest BCUT2D eigenvalue weighted by Gasteiger charge is 2.26. The van der Waals surface area contributed by atoms with E-state index >= 15 is 0 Å². The van der Waals surface area contributed by atoms with Gasteiger partial charge in [-0.15, -0.1) is 0 Å². The van der Waals surface area contributed by atoms with Gasteiger partial charge in [-0.1, -0.05) is 36.4 Å². The van der Waals surface area contributed by atoms with Crippen LogP contribution in [0, 0.1) is 5.82 Å². The van der Waals surface area contributed by atoms with Crippen molar-refractivity contribution in [2.75, 3.05) is 31.5 Å². The molecule has 6 heteroatoms. The Balaban J connectivity index is 1.50. The summed E-state index contributed by atoms with van der Waals surface area (Å²) >= 11 is 0. The first-order chi connectivity index (χ1) is 12.1. The Morgan fingerprint density at radius 3 is 2.36 bits per heavy atom. The Labute approximate surface area is 146 Å². The lowest BCUT2D eigenvalue weighted by Gasteiger charge is -2.34. The van der Waals surface area contributed by atoms with Crippen molar-refractivity contribution in [3.63, 3.8) is 0 Å². The summed E-state index contributed by atoms with van der Waals surface area (Å²) in [7, 11) is 0. The number of carbonyl (C=O) groups is 2. The van der Waals surface area contributed by atoms with Crippen LogP contribution in [0.4, 0.5) is 10.1 Å². The van der Waals surface area contributed by atoms with E-state index in [1.165, 1.54) is 28.7 Å². The van der Waals surface area contributed by atoms with Gasteiger partial charge in [-0.2, -0.15) is 0 Å². The average Bonchev–Trinajstić information content (AvgIpc) is 2.62. The number of nitrogens with zero attached hydrogens (tertiary/aromatic N) is 2. The van der Waals surface area contributed by atoms with Crippen LogP contribution in [0.1, 0.15) is 5.56 Å². The Bertz CT molecular complexity index is 743. The molecule has 0 aliphatic carbocycles. The number of anilines is 1. The van der Waals surface area contributed by atoms with E-state index in [0.29, 0.717) is 26.2 Å². The topological polar surface area (TPSA) is 52.7 Å². The molecule has 0 aromatic heterocycles. The van der Waals surface area contributed by atoms with E-state index in [1.807, 2.05) is 18.2 Å². The van der Waals surface area contributed by atoms with Crippen LogP contribution in [0.3, 0.4) is 0 Å². The summed E-state index contributed by atoms with van der Waals surface area (Å²) in [5.74, 6) is -1.77. The summed E-state index contributed by atoms with van der Waals surface area (Å²) in [6.07, 6.45) is 0. The number of rotatable bonds is 3. The zero-order valence-corrected chi connectivity index (χ0v) is 13.8. The fourth-order valence-electron chi connectivity index (χ4n) is 2.85. The molecular weight excluding hydrogens is 321 g/mol. The second-order valence-corrected chi connectivity index (χ2v) is 6.02. The van der Waals surface area contributed by atoms with Gasteiger partial charge in [0.25, 0.3) is 0 Å². The van der Waals surface area contributed by atoms with Crippen molar-refractivity contribution in [3.05, 3.63) is 66.0 Å². The molecule has 0 spiro atoms. The van der Waals surface area contributed by atoms with Crippen molar-refractivity contribution in [3.8, 4) is 0 Å². The minimum atomic E-state index is -0.734. The number of benzene rings is 2. The second kappa shape index (κ2) is 7.90. The lowest BCUT2D eigenvalue weighted by Crippen LogP contribution is -2.51. The smallest absolute Gasteiger partial charge is 0.313 e. The van der Waals surface area contributed by atoms with Crippen LogP contribution in [0.15, 0.2) is 54.6 Å². The van der Waals surface area contributed by atoms with Crippen molar-refractivity contribution in [2.24, 2.45) is 0 Å². The fraction of sp³-hybridized carbons (Fsp3) is 0.263. The third kappa shape index (κ3) is 4.64. The van der Waals surface area contributed by atoms with Gasteiger partial charge in [-0.3, -0.25) is 14.5 Å². The van der Waals surface area contributed by atoms with E-state index in [-0.39, 0.29) is 5.69 Å². The van der Waals surface area contributed by atoms with Crippen LogP contribution in [0.2, 0.25) is 0 Å². The predicted octanol–water partition coefficient (Wildman–Crippen LogP) is 2.11. The standard InChI is InChI=1S/C19H20FN3O2/c20-16-7-4-8-17(13-16)21-18(24)19(25)23-11-9-22(10-12-23)14-15-5-2-1-3-6-15/h1-8,13H,9-12,14H2,(H,21,24). The maximum Gasteiger partial charge on any atom is 0.313 e. The molecule has 1 saturated heterocycles. The third-order valence-corrected chi connectivity index (χ3v) is 4.19. The monoisotopic (exact) mass is 341 g/mol. The van der Waals surface area contributed by atoms with Crippen molar-refractivity contribution in [1.82, 2.24) is 9.80 Å². The maximum atomic E-state index is 13.1. The molecule has 2 amide bonds. The van der Waals surface area contributed by atoms with Crippen molar-refractivity contribution in [1.29, 1.82) is 0 Å². The van der Waals surface area contributed by atoms with Crippen LogP contribution < -0.4 is 5.32 Å². The van der Waals surface area contributed by atoms with E-state index < -0.39 is 17.6 Å². The maximum absolute atomic E-state index is 13.1. The van der Waals surface area contributed by atoms with Crippen LogP contribution in [-0.2, 0) is 16.1 Å².